The molecule has 0 bridgehead atoms. The fourth-order valence-corrected chi connectivity index (χ4v) is 2.26. The van der Waals surface area contributed by atoms with Crippen LogP contribution in [-0.2, 0) is 6.54 Å². The van der Waals surface area contributed by atoms with Crippen molar-refractivity contribution in [2.45, 2.75) is 6.54 Å². The molecular weight excluding hydrogens is 279 g/mol. The molecule has 2 aromatic carbocycles. The highest BCUT2D eigenvalue weighted by Gasteiger charge is 2.14. The molecule has 0 saturated heterocycles. The predicted molar refractivity (Wildman–Crippen MR) is 72.6 cm³/mol. The molecule has 0 N–H and O–H groups in total. The van der Waals surface area contributed by atoms with Crippen molar-refractivity contribution in [3.05, 3.63) is 71.7 Å². The Hall–Kier alpha value is -2.56. The maximum absolute atomic E-state index is 13.6. The number of fused-ring (bicyclic) bond motifs is 1. The SMILES string of the molecule is O=C(Cn1ccc2cc(F)ccc21)c1cc(F)ccc1F. The second-order valence-electron chi connectivity index (χ2n) is 4.69. The Morgan fingerprint density at radius 2 is 1.67 bits per heavy atom. The van der Waals surface area contributed by atoms with Crippen molar-refractivity contribution < 1.29 is 18.0 Å². The zero-order chi connectivity index (χ0) is 15.0. The van der Waals surface area contributed by atoms with Gasteiger partial charge in [0.15, 0.2) is 5.78 Å². The number of Topliss-reactive ketones (excluding diaryl/α,β-unsaturated/α-hetero) is 1. The second-order valence-corrected chi connectivity index (χ2v) is 4.69. The summed E-state index contributed by atoms with van der Waals surface area (Å²) in [4.78, 5) is 12.1. The molecule has 0 aliphatic rings. The molecule has 0 fully saturated rings. The van der Waals surface area contributed by atoms with E-state index in [1.54, 1.807) is 22.9 Å². The second kappa shape index (κ2) is 5.09. The van der Waals surface area contributed by atoms with Crippen LogP contribution in [0.25, 0.3) is 10.9 Å². The Kier molecular flexibility index (Phi) is 3.25. The van der Waals surface area contributed by atoms with Gasteiger partial charge in [-0.25, -0.2) is 13.2 Å². The number of nitrogens with zero attached hydrogens (tertiary/aromatic N) is 1. The number of rotatable bonds is 3. The van der Waals surface area contributed by atoms with E-state index in [0.29, 0.717) is 10.9 Å². The molecule has 5 heteroatoms. The van der Waals surface area contributed by atoms with Crippen LogP contribution in [0.15, 0.2) is 48.7 Å². The van der Waals surface area contributed by atoms with Crippen LogP contribution >= 0.6 is 0 Å². The minimum Gasteiger partial charge on any atom is -0.340 e. The molecule has 0 radical (unpaired) electrons. The monoisotopic (exact) mass is 289 g/mol. The minimum atomic E-state index is -0.760. The number of ketones is 1. The molecule has 1 aromatic heterocycles. The molecule has 0 aliphatic carbocycles. The van der Waals surface area contributed by atoms with E-state index in [-0.39, 0.29) is 17.9 Å². The summed E-state index contributed by atoms with van der Waals surface area (Å²) < 4.78 is 41.4. The molecule has 0 amide bonds. The Morgan fingerprint density at radius 3 is 2.48 bits per heavy atom. The first-order valence-electron chi connectivity index (χ1n) is 6.27. The van der Waals surface area contributed by atoms with Gasteiger partial charge in [0.2, 0.25) is 0 Å². The van der Waals surface area contributed by atoms with E-state index >= 15 is 0 Å². The number of carbonyl (C=O) groups is 1. The highest BCUT2D eigenvalue weighted by molar-refractivity contribution is 5.97. The maximum atomic E-state index is 13.6. The van der Waals surface area contributed by atoms with E-state index in [9.17, 15) is 18.0 Å². The van der Waals surface area contributed by atoms with Crippen LogP contribution < -0.4 is 0 Å². The molecule has 0 aliphatic heterocycles. The lowest BCUT2D eigenvalue weighted by molar-refractivity contribution is 0.0969. The van der Waals surface area contributed by atoms with Crippen LogP contribution in [0.2, 0.25) is 0 Å². The van der Waals surface area contributed by atoms with Crippen molar-refractivity contribution in [1.29, 1.82) is 0 Å². The van der Waals surface area contributed by atoms with Crippen LogP contribution in [0.5, 0.6) is 0 Å². The van der Waals surface area contributed by atoms with Gasteiger partial charge in [-0.15, -0.1) is 0 Å². The van der Waals surface area contributed by atoms with Crippen LogP contribution in [0, 0.1) is 17.5 Å². The number of hydrogen-bond donors (Lipinski definition) is 0. The van der Waals surface area contributed by atoms with Crippen molar-refractivity contribution in [2.75, 3.05) is 0 Å². The maximum Gasteiger partial charge on any atom is 0.185 e. The molecular formula is C16H10F3NO. The number of carbonyl (C=O) groups excluding carboxylic acids is 1. The van der Waals surface area contributed by atoms with Crippen LogP contribution in [0.3, 0.4) is 0 Å². The number of benzene rings is 2. The lowest BCUT2D eigenvalue weighted by Crippen LogP contribution is -2.11. The van der Waals surface area contributed by atoms with E-state index in [1.165, 1.54) is 12.1 Å². The van der Waals surface area contributed by atoms with Crippen molar-refractivity contribution in [1.82, 2.24) is 4.57 Å². The molecule has 21 heavy (non-hydrogen) atoms. The van der Waals surface area contributed by atoms with Crippen molar-refractivity contribution in [3.63, 3.8) is 0 Å². The van der Waals surface area contributed by atoms with Crippen molar-refractivity contribution in [3.8, 4) is 0 Å². The number of halogens is 3. The summed E-state index contributed by atoms with van der Waals surface area (Å²) >= 11 is 0. The lowest BCUT2D eigenvalue weighted by atomic mass is 10.1. The smallest absolute Gasteiger partial charge is 0.185 e. The van der Waals surface area contributed by atoms with Crippen LogP contribution in [0.4, 0.5) is 13.2 Å². The quantitative estimate of drug-likeness (QED) is 0.669. The minimum absolute atomic E-state index is 0.143. The average molecular weight is 289 g/mol. The van der Waals surface area contributed by atoms with Gasteiger partial charge in [-0.05, 0) is 42.5 Å². The van der Waals surface area contributed by atoms with Gasteiger partial charge in [0.1, 0.15) is 17.5 Å². The van der Waals surface area contributed by atoms with Gasteiger partial charge in [-0.1, -0.05) is 0 Å². The van der Waals surface area contributed by atoms with E-state index in [1.807, 2.05) is 0 Å². The van der Waals surface area contributed by atoms with E-state index in [2.05, 4.69) is 0 Å². The summed E-state index contributed by atoms with van der Waals surface area (Å²) in [5.74, 6) is -2.35. The van der Waals surface area contributed by atoms with Gasteiger partial charge in [0.05, 0.1) is 12.1 Å². The van der Waals surface area contributed by atoms with E-state index in [4.69, 9.17) is 0 Å². The first-order valence-corrected chi connectivity index (χ1v) is 6.27. The summed E-state index contributed by atoms with van der Waals surface area (Å²) in [6.45, 7) is -0.143. The fourth-order valence-electron chi connectivity index (χ4n) is 2.26. The molecule has 0 unspecified atom stereocenters. The summed E-state index contributed by atoms with van der Waals surface area (Å²) in [6.07, 6.45) is 1.61. The van der Waals surface area contributed by atoms with Gasteiger partial charge in [0.25, 0.3) is 0 Å². The predicted octanol–water partition coefficient (Wildman–Crippen LogP) is 3.94. The van der Waals surface area contributed by atoms with Gasteiger partial charge in [0, 0.05) is 17.1 Å². The third-order valence-corrected chi connectivity index (χ3v) is 3.28. The third kappa shape index (κ3) is 2.54. The lowest BCUT2D eigenvalue weighted by Gasteiger charge is -2.06. The highest BCUT2D eigenvalue weighted by atomic mass is 19.1. The number of aromatic nitrogens is 1. The Labute approximate surface area is 118 Å². The van der Waals surface area contributed by atoms with E-state index < -0.39 is 17.4 Å². The van der Waals surface area contributed by atoms with Crippen LogP contribution in [0.1, 0.15) is 10.4 Å². The van der Waals surface area contributed by atoms with Crippen molar-refractivity contribution in [2.24, 2.45) is 0 Å². The standard InChI is InChI=1S/C16H10F3NO/c17-11-2-4-15-10(7-11)5-6-20(15)9-16(21)13-8-12(18)1-3-14(13)19/h1-8H,9H2. The molecule has 0 atom stereocenters. The number of hydrogen-bond acceptors (Lipinski definition) is 1. The molecule has 106 valence electrons. The zero-order valence-corrected chi connectivity index (χ0v) is 10.8. The summed E-state index contributed by atoms with van der Waals surface area (Å²) in [5.41, 5.74) is 0.362. The Bertz CT molecular complexity index is 839. The first kappa shape index (κ1) is 13.4. The van der Waals surface area contributed by atoms with Gasteiger partial charge in [-0.3, -0.25) is 4.79 Å². The van der Waals surface area contributed by atoms with Gasteiger partial charge >= 0.3 is 0 Å². The molecule has 2 nitrogen and oxygen atoms in total. The molecule has 3 rings (SSSR count). The summed E-state index contributed by atoms with van der Waals surface area (Å²) in [5, 5.41) is 0.641. The normalized spacial score (nSPS) is 11.0. The van der Waals surface area contributed by atoms with Crippen LogP contribution in [-0.4, -0.2) is 10.4 Å². The molecule has 0 saturated carbocycles. The zero-order valence-electron chi connectivity index (χ0n) is 10.8. The van der Waals surface area contributed by atoms with Crippen molar-refractivity contribution >= 4 is 16.7 Å². The van der Waals surface area contributed by atoms with Gasteiger partial charge < -0.3 is 4.57 Å². The average Bonchev–Trinajstić information content (AvgIpc) is 2.83. The van der Waals surface area contributed by atoms with E-state index in [0.717, 1.165) is 18.2 Å². The molecule has 3 aromatic rings. The first-order chi connectivity index (χ1) is 10.0. The van der Waals surface area contributed by atoms with Gasteiger partial charge in [-0.2, -0.15) is 0 Å². The summed E-state index contributed by atoms with van der Waals surface area (Å²) in [6, 6.07) is 8.59. The largest absolute Gasteiger partial charge is 0.340 e. The summed E-state index contributed by atoms with van der Waals surface area (Å²) in [7, 11) is 0. The Morgan fingerprint density at radius 1 is 0.952 bits per heavy atom. The topological polar surface area (TPSA) is 22.0 Å². The molecule has 1 heterocycles. The third-order valence-electron chi connectivity index (χ3n) is 3.28. The molecule has 0 spiro atoms. The highest BCUT2D eigenvalue weighted by Crippen LogP contribution is 2.18. The Balaban J connectivity index is 1.95. The fraction of sp³-hybridized carbons (Fsp3) is 0.0625.